The fourth-order valence-electron chi connectivity index (χ4n) is 4.87. The van der Waals surface area contributed by atoms with Crippen LogP contribution in [0.3, 0.4) is 0 Å². The van der Waals surface area contributed by atoms with Gasteiger partial charge in [-0.3, -0.25) is 14.5 Å². The summed E-state index contributed by atoms with van der Waals surface area (Å²) < 4.78 is 20.8. The number of nitrogens with one attached hydrogen (secondary N) is 1. The van der Waals surface area contributed by atoms with Crippen LogP contribution in [0.25, 0.3) is 0 Å². The van der Waals surface area contributed by atoms with Crippen molar-refractivity contribution in [1.29, 1.82) is 0 Å². The molecule has 1 heterocycles. The van der Waals surface area contributed by atoms with Crippen LogP contribution in [0.1, 0.15) is 46.2 Å². The molecule has 0 saturated carbocycles. The van der Waals surface area contributed by atoms with Crippen molar-refractivity contribution < 1.29 is 23.8 Å². The lowest BCUT2D eigenvalue weighted by molar-refractivity contribution is -0.130. The van der Waals surface area contributed by atoms with Crippen molar-refractivity contribution in [1.82, 2.24) is 15.1 Å². The molecule has 0 aromatic heterocycles. The number of aliphatic hydroxyl groups excluding tert-OH is 1. The molecule has 3 atom stereocenters. The molecule has 1 aliphatic heterocycles. The second-order valence-corrected chi connectivity index (χ2v) is 10.7. The van der Waals surface area contributed by atoms with Crippen molar-refractivity contribution >= 4 is 23.4 Å². The highest BCUT2D eigenvalue weighted by Crippen LogP contribution is 2.26. The fourth-order valence-corrected chi connectivity index (χ4v) is 5.07. The van der Waals surface area contributed by atoms with Crippen LogP contribution in [0.4, 0.5) is 4.39 Å². The molecule has 1 fully saturated rings. The summed E-state index contributed by atoms with van der Waals surface area (Å²) in [6.45, 7) is 9.68. The Morgan fingerprint density at radius 1 is 1.15 bits per heavy atom. The first-order chi connectivity index (χ1) is 19.6. The summed E-state index contributed by atoms with van der Waals surface area (Å²) in [5, 5.41) is 13.6. The van der Waals surface area contributed by atoms with Gasteiger partial charge in [-0.2, -0.15) is 0 Å². The predicted molar refractivity (Wildman–Crippen MR) is 158 cm³/mol. The van der Waals surface area contributed by atoms with Gasteiger partial charge in [-0.25, -0.2) is 4.39 Å². The number of nitrogens with zero attached hydrogens (tertiary/aromatic N) is 2. The SMILES string of the molecule is C=CC(=O)N1CCN(C[C@H](Oc2ccc(C(=O)NC[C@@H](O)c3cccc(Cl)c3)cc2)c2ccc(C)c(F)c2)C[C@H]1C. The first-order valence-electron chi connectivity index (χ1n) is 13.5. The van der Waals surface area contributed by atoms with E-state index in [0.717, 1.165) is 0 Å². The molecule has 2 N–H and O–H groups in total. The van der Waals surface area contributed by atoms with Crippen LogP contribution in [0, 0.1) is 12.7 Å². The number of halogens is 2. The Bertz CT molecular complexity index is 1380. The number of piperazine rings is 1. The summed E-state index contributed by atoms with van der Waals surface area (Å²) in [4.78, 5) is 28.8. The normalized spacial score (nSPS) is 17.0. The molecule has 7 nitrogen and oxygen atoms in total. The molecular weight excluding hydrogens is 545 g/mol. The van der Waals surface area contributed by atoms with Crippen LogP contribution in [-0.4, -0.2) is 65.5 Å². The first kappa shape index (κ1) is 30.2. The second kappa shape index (κ2) is 13.8. The molecule has 1 saturated heterocycles. The molecule has 4 rings (SSSR count). The Hall–Kier alpha value is -3.72. The van der Waals surface area contributed by atoms with Gasteiger partial charge in [0.1, 0.15) is 17.7 Å². The third-order valence-electron chi connectivity index (χ3n) is 7.25. The summed E-state index contributed by atoms with van der Waals surface area (Å²) in [7, 11) is 0. The second-order valence-electron chi connectivity index (χ2n) is 10.3. The van der Waals surface area contributed by atoms with Crippen LogP contribution >= 0.6 is 11.6 Å². The number of carbonyl (C=O) groups is 2. The molecule has 1 aliphatic rings. The minimum Gasteiger partial charge on any atom is -0.484 e. The van der Waals surface area contributed by atoms with Crippen LogP contribution in [0.5, 0.6) is 5.75 Å². The third kappa shape index (κ3) is 7.94. The zero-order valence-electron chi connectivity index (χ0n) is 23.2. The highest BCUT2D eigenvalue weighted by atomic mass is 35.5. The van der Waals surface area contributed by atoms with Gasteiger partial charge in [0.05, 0.1) is 6.10 Å². The zero-order chi connectivity index (χ0) is 29.5. The summed E-state index contributed by atoms with van der Waals surface area (Å²) in [5.74, 6) is -0.206. The number of rotatable bonds is 10. The maximum absolute atomic E-state index is 14.5. The Morgan fingerprint density at radius 3 is 2.56 bits per heavy atom. The summed E-state index contributed by atoms with van der Waals surface area (Å²) in [5.41, 5.74) is 2.27. The summed E-state index contributed by atoms with van der Waals surface area (Å²) in [6, 6.07) is 18.6. The molecule has 216 valence electrons. The van der Waals surface area contributed by atoms with Gasteiger partial charge in [0.2, 0.25) is 5.91 Å². The minimum atomic E-state index is -0.893. The van der Waals surface area contributed by atoms with Crippen molar-refractivity contribution in [2.45, 2.75) is 32.1 Å². The predicted octanol–water partition coefficient (Wildman–Crippen LogP) is 5.09. The molecule has 0 aliphatic carbocycles. The van der Waals surface area contributed by atoms with E-state index < -0.39 is 12.2 Å². The number of benzene rings is 3. The largest absolute Gasteiger partial charge is 0.484 e. The number of aliphatic hydroxyl groups is 1. The van der Waals surface area contributed by atoms with Crippen LogP contribution < -0.4 is 10.1 Å². The first-order valence-corrected chi connectivity index (χ1v) is 13.9. The maximum atomic E-state index is 14.5. The lowest BCUT2D eigenvalue weighted by atomic mass is 10.0. The Morgan fingerprint density at radius 2 is 1.90 bits per heavy atom. The molecule has 41 heavy (non-hydrogen) atoms. The molecule has 3 aromatic rings. The molecule has 9 heteroatoms. The number of ether oxygens (including phenoxy) is 1. The Kier molecular flexibility index (Phi) is 10.2. The van der Waals surface area contributed by atoms with Gasteiger partial charge in [-0.05, 0) is 79.1 Å². The highest BCUT2D eigenvalue weighted by Gasteiger charge is 2.28. The van der Waals surface area contributed by atoms with Gasteiger partial charge in [0.15, 0.2) is 0 Å². The molecule has 0 bridgehead atoms. The van der Waals surface area contributed by atoms with Crippen molar-refractivity contribution in [3.8, 4) is 5.75 Å². The van der Waals surface area contributed by atoms with Gasteiger partial charge < -0.3 is 20.1 Å². The van der Waals surface area contributed by atoms with Gasteiger partial charge in [-0.1, -0.05) is 42.4 Å². The average Bonchev–Trinajstić information content (AvgIpc) is 2.97. The van der Waals surface area contributed by atoms with E-state index in [2.05, 4.69) is 16.8 Å². The molecular formula is C32H35ClFN3O4. The van der Waals surface area contributed by atoms with Crippen LogP contribution in [0.2, 0.25) is 5.02 Å². The summed E-state index contributed by atoms with van der Waals surface area (Å²) in [6.07, 6.45) is -0.0414. The van der Waals surface area contributed by atoms with Crippen molar-refractivity contribution in [3.05, 3.63) is 112 Å². The Balaban J connectivity index is 1.42. The lowest BCUT2D eigenvalue weighted by Crippen LogP contribution is -2.54. The number of hydrogen-bond acceptors (Lipinski definition) is 5. The van der Waals surface area contributed by atoms with Gasteiger partial charge >= 0.3 is 0 Å². The van der Waals surface area contributed by atoms with Crippen molar-refractivity contribution in [3.63, 3.8) is 0 Å². The number of aryl methyl sites for hydroxylation is 1. The van der Waals surface area contributed by atoms with Gasteiger partial charge in [0.25, 0.3) is 5.91 Å². The zero-order valence-corrected chi connectivity index (χ0v) is 24.0. The van der Waals surface area contributed by atoms with E-state index in [-0.39, 0.29) is 30.2 Å². The van der Waals surface area contributed by atoms with Crippen LogP contribution in [0.15, 0.2) is 79.4 Å². The molecule has 2 amide bonds. The third-order valence-corrected chi connectivity index (χ3v) is 7.48. The molecule has 0 radical (unpaired) electrons. The smallest absolute Gasteiger partial charge is 0.251 e. The topological polar surface area (TPSA) is 82.1 Å². The maximum Gasteiger partial charge on any atom is 0.251 e. The minimum absolute atomic E-state index is 0.000143. The van der Waals surface area contributed by atoms with E-state index in [4.69, 9.17) is 16.3 Å². The lowest BCUT2D eigenvalue weighted by Gasteiger charge is -2.40. The monoisotopic (exact) mass is 579 g/mol. The van der Waals surface area contributed by atoms with E-state index in [0.29, 0.717) is 59.2 Å². The molecule has 0 unspecified atom stereocenters. The van der Waals surface area contributed by atoms with Gasteiger partial charge in [0, 0.05) is 49.4 Å². The standard InChI is InChI=1S/C32H35ClFN3O4/c1-4-31(39)37-15-14-36(19-22(37)3)20-30(25-9-8-21(2)28(34)17-25)41-27-12-10-23(11-13-27)32(40)35-18-29(38)24-6-5-7-26(33)16-24/h4-13,16-17,22,29-30,38H,1,14-15,18-20H2,2-3H3,(H,35,40)/t22-,29-,30+/m1/s1. The Labute approximate surface area is 245 Å². The quantitative estimate of drug-likeness (QED) is 0.327. The molecule has 0 spiro atoms. The van der Waals surface area contributed by atoms with Gasteiger partial charge in [-0.15, -0.1) is 0 Å². The highest BCUT2D eigenvalue weighted by molar-refractivity contribution is 6.30. The fraction of sp³-hybridized carbons (Fsp3) is 0.312. The number of hydrogen-bond donors (Lipinski definition) is 2. The van der Waals surface area contributed by atoms with E-state index >= 15 is 0 Å². The van der Waals surface area contributed by atoms with Crippen molar-refractivity contribution in [2.75, 3.05) is 32.7 Å². The van der Waals surface area contributed by atoms with E-state index in [1.807, 2.05) is 13.0 Å². The van der Waals surface area contributed by atoms with Crippen molar-refractivity contribution in [2.24, 2.45) is 0 Å². The number of amides is 2. The van der Waals surface area contributed by atoms with E-state index in [1.165, 1.54) is 12.1 Å². The van der Waals surface area contributed by atoms with E-state index in [1.54, 1.807) is 66.4 Å². The average molecular weight is 580 g/mol. The van der Waals surface area contributed by atoms with Crippen LogP contribution in [-0.2, 0) is 4.79 Å². The summed E-state index contributed by atoms with van der Waals surface area (Å²) >= 11 is 5.99. The molecule has 3 aromatic carbocycles. The van der Waals surface area contributed by atoms with E-state index in [9.17, 15) is 19.1 Å². The number of carbonyl (C=O) groups excluding carboxylic acids is 2.